The Hall–Kier alpha value is -2.77. The van der Waals surface area contributed by atoms with Gasteiger partial charge in [-0.05, 0) is 43.9 Å². The zero-order valence-corrected chi connectivity index (χ0v) is 17.8. The number of nitrogens with zero attached hydrogens (tertiary/aromatic N) is 1. The fourth-order valence-corrected chi connectivity index (χ4v) is 2.77. The van der Waals surface area contributed by atoms with Gasteiger partial charge in [-0.1, -0.05) is 12.1 Å². The highest BCUT2D eigenvalue weighted by atomic mass is 16.5. The van der Waals surface area contributed by atoms with Crippen LogP contribution in [0.1, 0.15) is 21.5 Å². The Kier molecular flexibility index (Phi) is 8.76. The molecule has 0 spiro atoms. The molecule has 29 heavy (non-hydrogen) atoms. The second-order valence-electron chi connectivity index (χ2n) is 6.78. The van der Waals surface area contributed by atoms with Gasteiger partial charge >= 0.3 is 0 Å². The van der Waals surface area contributed by atoms with Crippen molar-refractivity contribution < 1.29 is 23.7 Å². The van der Waals surface area contributed by atoms with E-state index in [9.17, 15) is 4.79 Å². The Bertz CT molecular complexity index is 791. The fraction of sp³-hybridized carbons (Fsp3) is 0.409. The first-order valence-corrected chi connectivity index (χ1v) is 9.37. The third-order valence-electron chi connectivity index (χ3n) is 4.30. The van der Waals surface area contributed by atoms with Gasteiger partial charge in [0.25, 0.3) is 5.91 Å². The summed E-state index contributed by atoms with van der Waals surface area (Å²) >= 11 is 0. The van der Waals surface area contributed by atoms with E-state index in [1.165, 1.54) is 7.11 Å². The quantitative estimate of drug-likeness (QED) is 0.623. The molecule has 0 aliphatic rings. The van der Waals surface area contributed by atoms with Gasteiger partial charge in [-0.2, -0.15) is 0 Å². The van der Waals surface area contributed by atoms with Gasteiger partial charge in [0.05, 0.1) is 20.8 Å². The second-order valence-corrected chi connectivity index (χ2v) is 6.78. The Morgan fingerprint density at radius 2 is 1.76 bits per heavy atom. The van der Waals surface area contributed by atoms with E-state index >= 15 is 0 Å². The number of carbonyl (C=O) groups is 1. The Morgan fingerprint density at radius 3 is 2.34 bits per heavy atom. The molecule has 0 saturated heterocycles. The topological polar surface area (TPSA) is 69.3 Å². The average Bonchev–Trinajstić information content (AvgIpc) is 2.72. The van der Waals surface area contributed by atoms with Crippen LogP contribution in [-0.4, -0.2) is 59.4 Å². The number of carbonyl (C=O) groups excluding carboxylic acids is 1. The SMILES string of the molecule is COCc1cc(C(=O)NCc2ccc(OCCN(C)C)cc2)cc(OC)c1OC. The highest BCUT2D eigenvalue weighted by molar-refractivity contribution is 5.95. The molecule has 0 aliphatic carbocycles. The maximum Gasteiger partial charge on any atom is 0.251 e. The molecule has 0 fully saturated rings. The molecule has 0 saturated carbocycles. The van der Waals surface area contributed by atoms with Gasteiger partial charge in [-0.3, -0.25) is 4.79 Å². The van der Waals surface area contributed by atoms with Gasteiger partial charge < -0.3 is 29.2 Å². The minimum absolute atomic E-state index is 0.199. The van der Waals surface area contributed by atoms with E-state index in [1.54, 1.807) is 26.4 Å². The number of rotatable bonds is 11. The van der Waals surface area contributed by atoms with Crippen molar-refractivity contribution in [2.75, 3.05) is 48.6 Å². The van der Waals surface area contributed by atoms with Crippen molar-refractivity contribution in [2.24, 2.45) is 0 Å². The lowest BCUT2D eigenvalue weighted by atomic mass is 10.1. The molecule has 2 aromatic carbocycles. The minimum atomic E-state index is -0.199. The Balaban J connectivity index is 2.00. The van der Waals surface area contributed by atoms with Crippen molar-refractivity contribution in [1.82, 2.24) is 10.2 Å². The monoisotopic (exact) mass is 402 g/mol. The first kappa shape index (κ1) is 22.5. The first-order chi connectivity index (χ1) is 14.0. The zero-order chi connectivity index (χ0) is 21.2. The number of nitrogens with one attached hydrogen (secondary N) is 1. The molecule has 0 bridgehead atoms. The molecule has 0 radical (unpaired) electrons. The molecule has 158 valence electrons. The lowest BCUT2D eigenvalue weighted by molar-refractivity contribution is 0.0950. The van der Waals surface area contributed by atoms with Gasteiger partial charge in [0.2, 0.25) is 0 Å². The van der Waals surface area contributed by atoms with Crippen LogP contribution in [0.2, 0.25) is 0 Å². The predicted octanol–water partition coefficient (Wildman–Crippen LogP) is 2.72. The van der Waals surface area contributed by atoms with Crippen LogP contribution in [-0.2, 0) is 17.9 Å². The van der Waals surface area contributed by atoms with E-state index in [4.69, 9.17) is 18.9 Å². The van der Waals surface area contributed by atoms with E-state index < -0.39 is 0 Å². The third kappa shape index (κ3) is 6.66. The molecule has 0 unspecified atom stereocenters. The number of benzene rings is 2. The van der Waals surface area contributed by atoms with Crippen molar-refractivity contribution in [2.45, 2.75) is 13.2 Å². The lowest BCUT2D eigenvalue weighted by Crippen LogP contribution is -2.23. The van der Waals surface area contributed by atoms with E-state index in [-0.39, 0.29) is 5.91 Å². The summed E-state index contributed by atoms with van der Waals surface area (Å²) in [7, 11) is 8.70. The van der Waals surface area contributed by atoms with Crippen molar-refractivity contribution in [1.29, 1.82) is 0 Å². The smallest absolute Gasteiger partial charge is 0.251 e. The van der Waals surface area contributed by atoms with Crippen LogP contribution in [0.5, 0.6) is 17.2 Å². The van der Waals surface area contributed by atoms with Gasteiger partial charge in [0.15, 0.2) is 11.5 Å². The van der Waals surface area contributed by atoms with E-state index in [0.717, 1.165) is 23.4 Å². The summed E-state index contributed by atoms with van der Waals surface area (Å²) in [6.07, 6.45) is 0. The number of amides is 1. The molecule has 1 amide bonds. The normalized spacial score (nSPS) is 10.7. The molecule has 7 heteroatoms. The number of likely N-dealkylation sites (N-methyl/N-ethyl adjacent to an activating group) is 1. The Morgan fingerprint density at radius 1 is 1.03 bits per heavy atom. The molecule has 0 heterocycles. The molecule has 2 aromatic rings. The van der Waals surface area contributed by atoms with Crippen molar-refractivity contribution in [3.8, 4) is 17.2 Å². The fourth-order valence-electron chi connectivity index (χ4n) is 2.77. The molecule has 1 N–H and O–H groups in total. The van der Waals surface area contributed by atoms with E-state index in [2.05, 4.69) is 10.2 Å². The molecule has 0 aromatic heterocycles. The summed E-state index contributed by atoms with van der Waals surface area (Å²) < 4.78 is 21.6. The van der Waals surface area contributed by atoms with Crippen molar-refractivity contribution in [3.05, 3.63) is 53.1 Å². The largest absolute Gasteiger partial charge is 0.493 e. The van der Waals surface area contributed by atoms with Crippen LogP contribution in [0.15, 0.2) is 36.4 Å². The third-order valence-corrected chi connectivity index (χ3v) is 4.30. The van der Waals surface area contributed by atoms with Gasteiger partial charge in [0, 0.05) is 31.3 Å². The average molecular weight is 402 g/mol. The summed E-state index contributed by atoms with van der Waals surface area (Å²) in [5.41, 5.74) is 2.22. The predicted molar refractivity (Wildman–Crippen MR) is 112 cm³/mol. The zero-order valence-electron chi connectivity index (χ0n) is 17.8. The van der Waals surface area contributed by atoms with Crippen LogP contribution in [0, 0.1) is 0 Å². The van der Waals surface area contributed by atoms with Gasteiger partial charge in [-0.25, -0.2) is 0 Å². The maximum absolute atomic E-state index is 12.6. The van der Waals surface area contributed by atoms with Crippen LogP contribution in [0.25, 0.3) is 0 Å². The number of hydrogen-bond donors (Lipinski definition) is 1. The van der Waals surface area contributed by atoms with E-state index in [0.29, 0.717) is 36.8 Å². The number of ether oxygens (including phenoxy) is 4. The van der Waals surface area contributed by atoms with Crippen LogP contribution >= 0.6 is 0 Å². The number of hydrogen-bond acceptors (Lipinski definition) is 6. The van der Waals surface area contributed by atoms with Crippen LogP contribution in [0.4, 0.5) is 0 Å². The van der Waals surface area contributed by atoms with Crippen LogP contribution in [0.3, 0.4) is 0 Å². The standard InChI is InChI=1S/C22H30N2O5/c1-24(2)10-11-29-19-8-6-16(7-9-19)14-23-22(25)17-12-18(15-26-3)21(28-5)20(13-17)27-4/h6-9,12-13H,10-11,14-15H2,1-5H3,(H,23,25). The summed E-state index contributed by atoms with van der Waals surface area (Å²) in [4.78, 5) is 14.7. The molecular formula is C22H30N2O5. The molecular weight excluding hydrogens is 372 g/mol. The minimum Gasteiger partial charge on any atom is -0.493 e. The van der Waals surface area contributed by atoms with E-state index in [1.807, 2.05) is 38.4 Å². The molecule has 0 aliphatic heterocycles. The van der Waals surface area contributed by atoms with Crippen LogP contribution < -0.4 is 19.5 Å². The molecule has 0 atom stereocenters. The first-order valence-electron chi connectivity index (χ1n) is 9.37. The summed E-state index contributed by atoms with van der Waals surface area (Å²) in [5.74, 6) is 1.67. The maximum atomic E-state index is 12.6. The molecule has 7 nitrogen and oxygen atoms in total. The van der Waals surface area contributed by atoms with Crippen molar-refractivity contribution in [3.63, 3.8) is 0 Å². The highest BCUT2D eigenvalue weighted by Gasteiger charge is 2.16. The number of methoxy groups -OCH3 is 3. The molecule has 2 rings (SSSR count). The summed E-state index contributed by atoms with van der Waals surface area (Å²) in [5, 5.41) is 2.93. The summed E-state index contributed by atoms with van der Waals surface area (Å²) in [6, 6.07) is 11.1. The summed E-state index contributed by atoms with van der Waals surface area (Å²) in [6.45, 7) is 2.21. The highest BCUT2D eigenvalue weighted by Crippen LogP contribution is 2.33. The van der Waals surface area contributed by atoms with Crippen molar-refractivity contribution >= 4 is 5.91 Å². The van der Waals surface area contributed by atoms with Gasteiger partial charge in [-0.15, -0.1) is 0 Å². The second kappa shape index (κ2) is 11.3. The Labute approximate surface area is 172 Å². The lowest BCUT2D eigenvalue weighted by Gasteiger charge is -2.15. The van der Waals surface area contributed by atoms with Gasteiger partial charge in [0.1, 0.15) is 12.4 Å².